The summed E-state index contributed by atoms with van der Waals surface area (Å²) >= 11 is 0. The highest BCUT2D eigenvalue weighted by Crippen LogP contribution is 2.16. The number of amides is 1. The van der Waals surface area contributed by atoms with Gasteiger partial charge in [0.15, 0.2) is 11.6 Å². The smallest absolute Gasteiger partial charge is 0.225 e. The highest BCUT2D eigenvalue weighted by Gasteiger charge is 2.06. The maximum atomic E-state index is 11.6. The predicted molar refractivity (Wildman–Crippen MR) is 84.6 cm³/mol. The molecule has 0 aliphatic rings. The van der Waals surface area contributed by atoms with Gasteiger partial charge in [-0.3, -0.25) is 4.79 Å². The number of nitrogens with zero attached hydrogens (tertiary/aromatic N) is 2. The first kappa shape index (κ1) is 15.0. The number of nitrogens with one attached hydrogen (secondary N) is 2. The molecule has 1 amide bonds. The summed E-state index contributed by atoms with van der Waals surface area (Å²) in [4.78, 5) is 11.6. The summed E-state index contributed by atoms with van der Waals surface area (Å²) in [5, 5.41) is 14.0. The molecule has 2 N–H and O–H groups in total. The Balaban J connectivity index is 1.97. The summed E-state index contributed by atoms with van der Waals surface area (Å²) in [5.41, 5.74) is 2.13. The molecule has 1 aromatic carbocycles. The molecular formula is C16H20N4O. The molecular weight excluding hydrogens is 264 g/mol. The summed E-state index contributed by atoms with van der Waals surface area (Å²) in [5.74, 6) is 1.39. The van der Waals surface area contributed by atoms with Gasteiger partial charge in [-0.1, -0.05) is 26.0 Å². The normalized spacial score (nSPS) is 10.5. The molecule has 0 aliphatic heterocycles. The minimum absolute atomic E-state index is 0.0429. The lowest BCUT2D eigenvalue weighted by Crippen LogP contribution is -2.15. The van der Waals surface area contributed by atoms with Crippen LogP contribution in [-0.2, 0) is 4.79 Å². The topological polar surface area (TPSA) is 66.9 Å². The van der Waals surface area contributed by atoms with Gasteiger partial charge in [-0.2, -0.15) is 0 Å². The molecule has 110 valence electrons. The zero-order valence-electron chi connectivity index (χ0n) is 12.6. The van der Waals surface area contributed by atoms with Crippen molar-refractivity contribution in [3.63, 3.8) is 0 Å². The molecule has 2 rings (SSSR count). The van der Waals surface area contributed by atoms with Crippen molar-refractivity contribution in [1.82, 2.24) is 10.2 Å². The quantitative estimate of drug-likeness (QED) is 0.881. The van der Waals surface area contributed by atoms with Crippen molar-refractivity contribution in [2.45, 2.75) is 27.2 Å². The van der Waals surface area contributed by atoms with Crippen molar-refractivity contribution in [3.05, 3.63) is 42.0 Å². The molecule has 5 heteroatoms. The molecule has 0 aliphatic carbocycles. The Morgan fingerprint density at radius 2 is 1.86 bits per heavy atom. The van der Waals surface area contributed by atoms with Crippen molar-refractivity contribution < 1.29 is 4.79 Å². The van der Waals surface area contributed by atoms with Crippen LogP contribution in [0.3, 0.4) is 0 Å². The zero-order chi connectivity index (χ0) is 15.2. The van der Waals surface area contributed by atoms with Gasteiger partial charge in [-0.25, -0.2) is 0 Å². The summed E-state index contributed by atoms with van der Waals surface area (Å²) in [7, 11) is 0. The fraction of sp³-hybridized carbons (Fsp3) is 0.312. The van der Waals surface area contributed by atoms with Gasteiger partial charge in [0.2, 0.25) is 5.91 Å². The number of anilines is 3. The molecule has 0 radical (unpaired) electrons. The van der Waals surface area contributed by atoms with Gasteiger partial charge in [-0.05, 0) is 42.7 Å². The molecule has 0 spiro atoms. The van der Waals surface area contributed by atoms with Crippen LogP contribution in [0.4, 0.5) is 17.3 Å². The highest BCUT2D eigenvalue weighted by molar-refractivity contribution is 5.89. The van der Waals surface area contributed by atoms with E-state index in [2.05, 4.69) is 20.8 Å². The molecule has 0 bridgehead atoms. The van der Waals surface area contributed by atoms with Gasteiger partial charge in [0, 0.05) is 12.1 Å². The van der Waals surface area contributed by atoms with Crippen molar-refractivity contribution in [2.75, 3.05) is 10.6 Å². The van der Waals surface area contributed by atoms with Gasteiger partial charge in [-0.15, -0.1) is 10.2 Å². The second-order valence-electron chi connectivity index (χ2n) is 5.44. The summed E-state index contributed by atoms with van der Waals surface area (Å²) in [6, 6.07) is 11.5. The number of hydrogen-bond donors (Lipinski definition) is 2. The average molecular weight is 284 g/mol. The maximum absolute atomic E-state index is 11.6. The van der Waals surface area contributed by atoms with Crippen LogP contribution < -0.4 is 10.6 Å². The minimum Gasteiger partial charge on any atom is -0.339 e. The second-order valence-corrected chi connectivity index (χ2v) is 5.44. The minimum atomic E-state index is -0.0429. The Morgan fingerprint density at radius 1 is 1.14 bits per heavy atom. The van der Waals surface area contributed by atoms with E-state index in [9.17, 15) is 4.79 Å². The molecule has 0 unspecified atom stereocenters. The van der Waals surface area contributed by atoms with E-state index < -0.39 is 0 Å². The van der Waals surface area contributed by atoms with E-state index in [1.807, 2.05) is 45.0 Å². The third-order valence-corrected chi connectivity index (χ3v) is 2.82. The van der Waals surface area contributed by atoms with Gasteiger partial charge < -0.3 is 10.6 Å². The van der Waals surface area contributed by atoms with Crippen LogP contribution >= 0.6 is 0 Å². The van der Waals surface area contributed by atoms with Crippen molar-refractivity contribution >= 4 is 23.2 Å². The Morgan fingerprint density at radius 3 is 2.48 bits per heavy atom. The van der Waals surface area contributed by atoms with Crippen LogP contribution in [0.15, 0.2) is 36.4 Å². The van der Waals surface area contributed by atoms with E-state index in [-0.39, 0.29) is 5.91 Å². The number of rotatable bonds is 5. The van der Waals surface area contributed by atoms with Gasteiger partial charge in [0.25, 0.3) is 0 Å². The SMILES string of the molecule is Cc1cccc(Nc2ccc(NC(=O)CC(C)C)nn2)c1. The van der Waals surface area contributed by atoms with Crippen molar-refractivity contribution in [1.29, 1.82) is 0 Å². The van der Waals surface area contributed by atoms with E-state index in [4.69, 9.17) is 0 Å². The Hall–Kier alpha value is -2.43. The van der Waals surface area contributed by atoms with Crippen LogP contribution in [0.25, 0.3) is 0 Å². The summed E-state index contributed by atoms with van der Waals surface area (Å²) in [6.45, 7) is 6.03. The number of aryl methyl sites for hydroxylation is 1. The van der Waals surface area contributed by atoms with E-state index in [0.717, 1.165) is 5.69 Å². The third kappa shape index (κ3) is 4.87. The molecule has 2 aromatic rings. The van der Waals surface area contributed by atoms with Crippen LogP contribution in [0.2, 0.25) is 0 Å². The molecule has 1 heterocycles. The lowest BCUT2D eigenvalue weighted by atomic mass is 10.1. The summed E-state index contributed by atoms with van der Waals surface area (Å²) in [6.07, 6.45) is 0.477. The van der Waals surface area contributed by atoms with Gasteiger partial charge in [0.1, 0.15) is 0 Å². The average Bonchev–Trinajstić information content (AvgIpc) is 2.40. The molecule has 21 heavy (non-hydrogen) atoms. The molecule has 1 aromatic heterocycles. The maximum Gasteiger partial charge on any atom is 0.225 e. The first-order valence-corrected chi connectivity index (χ1v) is 7.00. The molecule has 0 atom stereocenters. The third-order valence-electron chi connectivity index (χ3n) is 2.82. The van der Waals surface area contributed by atoms with Gasteiger partial charge >= 0.3 is 0 Å². The van der Waals surface area contributed by atoms with Gasteiger partial charge in [0.05, 0.1) is 0 Å². The first-order chi connectivity index (χ1) is 10.0. The van der Waals surface area contributed by atoms with Crippen molar-refractivity contribution in [2.24, 2.45) is 5.92 Å². The monoisotopic (exact) mass is 284 g/mol. The molecule has 0 fully saturated rings. The number of hydrogen-bond acceptors (Lipinski definition) is 4. The first-order valence-electron chi connectivity index (χ1n) is 7.00. The van der Waals surface area contributed by atoms with E-state index in [0.29, 0.717) is 24.0 Å². The van der Waals surface area contributed by atoms with E-state index in [1.54, 1.807) is 12.1 Å². The number of carbonyl (C=O) groups is 1. The highest BCUT2D eigenvalue weighted by atomic mass is 16.1. The second kappa shape index (κ2) is 6.83. The summed E-state index contributed by atoms with van der Waals surface area (Å²) < 4.78 is 0. The number of aromatic nitrogens is 2. The van der Waals surface area contributed by atoms with Crippen LogP contribution in [0.5, 0.6) is 0 Å². The Kier molecular flexibility index (Phi) is 4.87. The largest absolute Gasteiger partial charge is 0.339 e. The van der Waals surface area contributed by atoms with Crippen molar-refractivity contribution in [3.8, 4) is 0 Å². The van der Waals surface area contributed by atoms with Crippen LogP contribution in [-0.4, -0.2) is 16.1 Å². The number of carbonyl (C=O) groups excluding carboxylic acids is 1. The molecule has 0 saturated heterocycles. The molecule has 5 nitrogen and oxygen atoms in total. The van der Waals surface area contributed by atoms with Crippen LogP contribution in [0.1, 0.15) is 25.8 Å². The van der Waals surface area contributed by atoms with Crippen LogP contribution in [0, 0.1) is 12.8 Å². The molecule has 0 saturated carbocycles. The van der Waals surface area contributed by atoms with E-state index >= 15 is 0 Å². The fourth-order valence-corrected chi connectivity index (χ4v) is 1.90. The lowest BCUT2D eigenvalue weighted by molar-refractivity contribution is -0.116. The lowest BCUT2D eigenvalue weighted by Gasteiger charge is -2.08. The number of benzene rings is 1. The Bertz CT molecular complexity index is 608. The predicted octanol–water partition coefficient (Wildman–Crippen LogP) is 3.51. The van der Waals surface area contributed by atoms with E-state index in [1.165, 1.54) is 5.56 Å². The fourth-order valence-electron chi connectivity index (χ4n) is 1.90. The standard InChI is InChI=1S/C16H20N4O/c1-11(2)9-16(21)18-15-8-7-14(19-20-15)17-13-6-4-5-12(3)10-13/h4-8,10-11H,9H2,1-3H3,(H,17,19)(H,18,20,21). The Labute approximate surface area is 124 Å². The zero-order valence-corrected chi connectivity index (χ0v) is 12.6.